The number of aliphatic hydroxyl groups is 1. The number of nitrogens with zero attached hydrogens (tertiary/aromatic N) is 1. The standard InChI is InChI=1S/C11H15F3N2O/c1-16(2)15-7-10(17)8-3-5-9(6-4-8)11(12,13)14/h3-6,10,15,17H,7H2,1-2H3. The minimum absolute atomic E-state index is 0.248. The third-order valence-electron chi connectivity index (χ3n) is 2.22. The molecule has 0 aromatic heterocycles. The number of nitrogens with one attached hydrogen (secondary N) is 1. The van der Waals surface area contributed by atoms with Crippen molar-refractivity contribution < 1.29 is 18.3 Å². The Bertz CT molecular complexity index is 349. The van der Waals surface area contributed by atoms with Crippen molar-refractivity contribution in [2.45, 2.75) is 12.3 Å². The third-order valence-corrected chi connectivity index (χ3v) is 2.22. The van der Waals surface area contributed by atoms with Gasteiger partial charge in [-0.1, -0.05) is 12.1 Å². The van der Waals surface area contributed by atoms with Crippen LogP contribution in [0.2, 0.25) is 0 Å². The van der Waals surface area contributed by atoms with Gasteiger partial charge in [0.2, 0.25) is 0 Å². The first-order valence-electron chi connectivity index (χ1n) is 5.07. The summed E-state index contributed by atoms with van der Waals surface area (Å²) in [6.07, 6.45) is -5.18. The van der Waals surface area contributed by atoms with Crippen LogP contribution in [0.4, 0.5) is 13.2 Å². The Morgan fingerprint density at radius 2 is 1.76 bits per heavy atom. The van der Waals surface area contributed by atoms with Gasteiger partial charge >= 0.3 is 6.18 Å². The van der Waals surface area contributed by atoms with Crippen molar-refractivity contribution in [1.82, 2.24) is 10.4 Å². The molecule has 0 saturated carbocycles. The zero-order valence-corrected chi connectivity index (χ0v) is 9.62. The molecule has 1 aromatic rings. The third kappa shape index (κ3) is 4.33. The van der Waals surface area contributed by atoms with Crippen molar-refractivity contribution >= 4 is 0 Å². The molecule has 0 spiro atoms. The fourth-order valence-electron chi connectivity index (χ4n) is 1.28. The highest BCUT2D eigenvalue weighted by Crippen LogP contribution is 2.29. The van der Waals surface area contributed by atoms with E-state index in [0.717, 1.165) is 12.1 Å². The molecule has 3 nitrogen and oxygen atoms in total. The van der Waals surface area contributed by atoms with Crippen LogP contribution in [0.1, 0.15) is 17.2 Å². The highest BCUT2D eigenvalue weighted by Gasteiger charge is 2.30. The fraction of sp³-hybridized carbons (Fsp3) is 0.455. The lowest BCUT2D eigenvalue weighted by Crippen LogP contribution is -2.33. The molecule has 0 fully saturated rings. The second-order valence-electron chi connectivity index (χ2n) is 3.89. The quantitative estimate of drug-likeness (QED) is 0.798. The van der Waals surface area contributed by atoms with Crippen molar-refractivity contribution in [3.05, 3.63) is 35.4 Å². The summed E-state index contributed by atoms with van der Waals surface area (Å²) in [5, 5.41) is 11.4. The van der Waals surface area contributed by atoms with E-state index in [1.54, 1.807) is 19.1 Å². The molecular weight excluding hydrogens is 233 g/mol. The first-order valence-corrected chi connectivity index (χ1v) is 5.07. The van der Waals surface area contributed by atoms with Crippen molar-refractivity contribution in [2.75, 3.05) is 20.6 Å². The molecule has 0 radical (unpaired) electrons. The van der Waals surface area contributed by atoms with Crippen LogP contribution in [-0.4, -0.2) is 30.8 Å². The molecule has 1 atom stereocenters. The van der Waals surface area contributed by atoms with Crippen LogP contribution in [0.15, 0.2) is 24.3 Å². The zero-order chi connectivity index (χ0) is 13.1. The second-order valence-corrected chi connectivity index (χ2v) is 3.89. The van der Waals surface area contributed by atoms with Gasteiger partial charge in [-0.3, -0.25) is 10.4 Å². The maximum Gasteiger partial charge on any atom is 0.416 e. The van der Waals surface area contributed by atoms with Gasteiger partial charge in [0, 0.05) is 20.6 Å². The van der Waals surface area contributed by atoms with Crippen LogP contribution in [0, 0.1) is 0 Å². The van der Waals surface area contributed by atoms with Crippen molar-refractivity contribution in [1.29, 1.82) is 0 Å². The van der Waals surface area contributed by atoms with Gasteiger partial charge in [-0.25, -0.2) is 0 Å². The number of hydrogen-bond acceptors (Lipinski definition) is 3. The Labute approximate surface area is 97.8 Å². The van der Waals surface area contributed by atoms with Crippen LogP contribution in [0.25, 0.3) is 0 Å². The number of hydrazine groups is 1. The largest absolute Gasteiger partial charge is 0.416 e. The summed E-state index contributed by atoms with van der Waals surface area (Å²) >= 11 is 0. The zero-order valence-electron chi connectivity index (χ0n) is 9.62. The molecule has 17 heavy (non-hydrogen) atoms. The highest BCUT2D eigenvalue weighted by molar-refractivity contribution is 5.26. The molecule has 96 valence electrons. The molecule has 0 bridgehead atoms. The van der Waals surface area contributed by atoms with Gasteiger partial charge in [-0.15, -0.1) is 0 Å². The molecule has 1 rings (SSSR count). The second kappa shape index (κ2) is 5.48. The summed E-state index contributed by atoms with van der Waals surface area (Å²) in [5.41, 5.74) is 2.59. The molecule has 0 aliphatic rings. The lowest BCUT2D eigenvalue weighted by Gasteiger charge is -2.17. The summed E-state index contributed by atoms with van der Waals surface area (Å²) in [4.78, 5) is 0. The number of benzene rings is 1. The molecule has 1 unspecified atom stereocenters. The number of hydrogen-bond donors (Lipinski definition) is 2. The first kappa shape index (κ1) is 14.0. The molecular formula is C11H15F3N2O. The molecule has 6 heteroatoms. The molecule has 0 heterocycles. The summed E-state index contributed by atoms with van der Waals surface area (Å²) in [6, 6.07) is 4.50. The highest BCUT2D eigenvalue weighted by atomic mass is 19.4. The average Bonchev–Trinajstić information content (AvgIpc) is 2.25. The maximum absolute atomic E-state index is 12.3. The SMILES string of the molecule is CN(C)NCC(O)c1ccc(C(F)(F)F)cc1. The monoisotopic (exact) mass is 248 g/mol. The van der Waals surface area contributed by atoms with E-state index in [0.29, 0.717) is 5.56 Å². The Kier molecular flexibility index (Phi) is 4.50. The molecule has 0 aliphatic heterocycles. The van der Waals surface area contributed by atoms with Crippen LogP contribution in [0.3, 0.4) is 0 Å². The normalized spacial score (nSPS) is 14.1. The van der Waals surface area contributed by atoms with Gasteiger partial charge in [-0.05, 0) is 17.7 Å². The predicted octanol–water partition coefficient (Wildman–Crippen LogP) is 1.80. The van der Waals surface area contributed by atoms with E-state index in [-0.39, 0.29) is 6.54 Å². The van der Waals surface area contributed by atoms with Gasteiger partial charge in [0.15, 0.2) is 0 Å². The van der Waals surface area contributed by atoms with Gasteiger partial charge < -0.3 is 5.11 Å². The fourth-order valence-corrected chi connectivity index (χ4v) is 1.28. The minimum Gasteiger partial charge on any atom is -0.387 e. The van der Waals surface area contributed by atoms with Crippen molar-refractivity contribution in [2.24, 2.45) is 0 Å². The topological polar surface area (TPSA) is 35.5 Å². The number of rotatable bonds is 4. The van der Waals surface area contributed by atoms with E-state index in [4.69, 9.17) is 0 Å². The molecule has 1 aromatic carbocycles. The Morgan fingerprint density at radius 1 is 1.24 bits per heavy atom. The van der Waals surface area contributed by atoms with Crippen LogP contribution < -0.4 is 5.43 Å². The van der Waals surface area contributed by atoms with E-state index in [2.05, 4.69) is 5.43 Å². The van der Waals surface area contributed by atoms with Crippen molar-refractivity contribution in [3.8, 4) is 0 Å². The van der Waals surface area contributed by atoms with E-state index in [9.17, 15) is 18.3 Å². The molecule has 2 N–H and O–H groups in total. The van der Waals surface area contributed by atoms with Crippen molar-refractivity contribution in [3.63, 3.8) is 0 Å². The van der Waals surface area contributed by atoms with Gasteiger partial charge in [-0.2, -0.15) is 13.2 Å². The maximum atomic E-state index is 12.3. The van der Waals surface area contributed by atoms with Crippen LogP contribution in [0.5, 0.6) is 0 Å². The smallest absolute Gasteiger partial charge is 0.387 e. The Hall–Kier alpha value is -1.11. The molecule has 0 amide bonds. The lowest BCUT2D eigenvalue weighted by atomic mass is 10.1. The summed E-state index contributed by atoms with van der Waals surface area (Å²) in [7, 11) is 3.53. The van der Waals surface area contributed by atoms with Gasteiger partial charge in [0.25, 0.3) is 0 Å². The summed E-state index contributed by atoms with van der Waals surface area (Å²) in [6.45, 7) is 0.248. The van der Waals surface area contributed by atoms with Crippen LogP contribution in [-0.2, 0) is 6.18 Å². The van der Waals surface area contributed by atoms with E-state index in [1.165, 1.54) is 12.1 Å². The molecule has 0 saturated heterocycles. The van der Waals surface area contributed by atoms with E-state index >= 15 is 0 Å². The minimum atomic E-state index is -4.34. The van der Waals surface area contributed by atoms with E-state index < -0.39 is 17.8 Å². The molecule has 0 aliphatic carbocycles. The first-order chi connectivity index (χ1) is 7.80. The summed E-state index contributed by atoms with van der Waals surface area (Å²) in [5.74, 6) is 0. The van der Waals surface area contributed by atoms with Gasteiger partial charge in [0.05, 0.1) is 11.7 Å². The lowest BCUT2D eigenvalue weighted by molar-refractivity contribution is -0.137. The Balaban J connectivity index is 2.67. The number of alkyl halides is 3. The van der Waals surface area contributed by atoms with Gasteiger partial charge in [0.1, 0.15) is 0 Å². The number of halogens is 3. The number of aliphatic hydroxyl groups excluding tert-OH is 1. The Morgan fingerprint density at radius 3 is 2.18 bits per heavy atom. The predicted molar refractivity (Wildman–Crippen MR) is 58.1 cm³/mol. The summed E-state index contributed by atoms with van der Waals surface area (Å²) < 4.78 is 36.9. The average molecular weight is 248 g/mol. The van der Waals surface area contributed by atoms with E-state index in [1.807, 2.05) is 0 Å². The van der Waals surface area contributed by atoms with Crippen LogP contribution >= 0.6 is 0 Å².